The zero-order valence-electron chi connectivity index (χ0n) is 14.9. The van der Waals surface area contributed by atoms with Gasteiger partial charge in [0.25, 0.3) is 0 Å². The van der Waals surface area contributed by atoms with Gasteiger partial charge in [-0.1, -0.05) is 38.1 Å². The second-order valence-electron chi connectivity index (χ2n) is 8.25. The van der Waals surface area contributed by atoms with E-state index in [1.54, 1.807) is 0 Å². The molecule has 0 saturated carbocycles. The average molecular weight is 328 g/mol. The van der Waals surface area contributed by atoms with Crippen LogP contribution in [-0.4, -0.2) is 24.9 Å². The molecular formula is C20H28N2O2. The minimum Gasteiger partial charge on any atom is -0.355 e. The molecule has 3 rings (SSSR count). The van der Waals surface area contributed by atoms with E-state index in [9.17, 15) is 9.59 Å². The Hall–Kier alpha value is -1.84. The van der Waals surface area contributed by atoms with Crippen LogP contribution in [0.15, 0.2) is 24.3 Å². The first-order valence-electron chi connectivity index (χ1n) is 8.96. The molecule has 0 radical (unpaired) electrons. The van der Waals surface area contributed by atoms with Gasteiger partial charge in [0.05, 0.1) is 5.41 Å². The Morgan fingerprint density at radius 2 is 2.00 bits per heavy atom. The lowest BCUT2D eigenvalue weighted by Gasteiger charge is -2.38. The average Bonchev–Trinajstić information content (AvgIpc) is 2.57. The van der Waals surface area contributed by atoms with Crippen molar-refractivity contribution < 1.29 is 9.59 Å². The lowest BCUT2D eigenvalue weighted by molar-refractivity contribution is -0.134. The van der Waals surface area contributed by atoms with E-state index in [4.69, 9.17) is 0 Å². The highest BCUT2D eigenvalue weighted by atomic mass is 16.2. The monoisotopic (exact) mass is 328 g/mol. The number of rotatable bonds is 3. The van der Waals surface area contributed by atoms with Crippen LogP contribution in [0.2, 0.25) is 0 Å². The molecule has 130 valence electrons. The normalized spacial score (nSPS) is 28.6. The van der Waals surface area contributed by atoms with E-state index < -0.39 is 5.41 Å². The summed E-state index contributed by atoms with van der Waals surface area (Å²) in [5, 5.41) is 5.97. The third-order valence-corrected chi connectivity index (χ3v) is 5.88. The number of carbonyl (C=O) groups is 2. The molecule has 1 heterocycles. The van der Waals surface area contributed by atoms with Crippen LogP contribution in [0.3, 0.4) is 0 Å². The first-order valence-corrected chi connectivity index (χ1v) is 8.96. The van der Waals surface area contributed by atoms with Gasteiger partial charge in [-0.2, -0.15) is 0 Å². The van der Waals surface area contributed by atoms with Gasteiger partial charge in [-0.15, -0.1) is 0 Å². The quantitative estimate of drug-likeness (QED) is 0.896. The summed E-state index contributed by atoms with van der Waals surface area (Å²) in [6.45, 7) is 7.65. The van der Waals surface area contributed by atoms with Crippen molar-refractivity contribution in [3.8, 4) is 0 Å². The van der Waals surface area contributed by atoms with Gasteiger partial charge in [0, 0.05) is 25.4 Å². The predicted octanol–water partition coefficient (Wildman–Crippen LogP) is 2.87. The minimum atomic E-state index is -0.485. The Kier molecular flexibility index (Phi) is 4.41. The van der Waals surface area contributed by atoms with Crippen LogP contribution in [0, 0.1) is 5.41 Å². The van der Waals surface area contributed by atoms with Gasteiger partial charge < -0.3 is 10.6 Å². The summed E-state index contributed by atoms with van der Waals surface area (Å²) < 4.78 is 0. The zero-order valence-corrected chi connectivity index (χ0v) is 14.9. The first kappa shape index (κ1) is 17.0. The maximum absolute atomic E-state index is 12.6. The number of amides is 2. The topological polar surface area (TPSA) is 58.2 Å². The molecule has 0 bridgehead atoms. The van der Waals surface area contributed by atoms with Crippen molar-refractivity contribution >= 4 is 11.8 Å². The van der Waals surface area contributed by atoms with Crippen LogP contribution in [-0.2, 0) is 15.0 Å². The van der Waals surface area contributed by atoms with E-state index in [1.165, 1.54) is 11.1 Å². The highest BCUT2D eigenvalue weighted by molar-refractivity contribution is 5.86. The number of benzene rings is 1. The molecule has 4 heteroatoms. The van der Waals surface area contributed by atoms with Gasteiger partial charge >= 0.3 is 0 Å². The van der Waals surface area contributed by atoms with Crippen molar-refractivity contribution in [2.45, 2.75) is 57.8 Å². The lowest BCUT2D eigenvalue weighted by atomic mass is 9.69. The SMILES string of the molecule is CC1(C(=O)NCC2CCC(C)(C)c3ccccc32)CCC(=O)NC1. The third kappa shape index (κ3) is 3.19. The lowest BCUT2D eigenvalue weighted by Crippen LogP contribution is -2.51. The van der Waals surface area contributed by atoms with Crippen molar-refractivity contribution in [3.05, 3.63) is 35.4 Å². The summed E-state index contributed by atoms with van der Waals surface area (Å²) >= 11 is 0. The fraction of sp³-hybridized carbons (Fsp3) is 0.600. The Morgan fingerprint density at radius 3 is 2.71 bits per heavy atom. The third-order valence-electron chi connectivity index (χ3n) is 5.88. The van der Waals surface area contributed by atoms with Crippen LogP contribution >= 0.6 is 0 Å². The fourth-order valence-electron chi connectivity index (χ4n) is 3.99. The van der Waals surface area contributed by atoms with Gasteiger partial charge in [-0.25, -0.2) is 0 Å². The minimum absolute atomic E-state index is 0.0451. The molecule has 2 amide bonds. The van der Waals surface area contributed by atoms with E-state index in [2.05, 4.69) is 48.7 Å². The number of nitrogens with one attached hydrogen (secondary N) is 2. The summed E-state index contributed by atoms with van der Waals surface area (Å²) in [5.74, 6) is 0.480. The van der Waals surface area contributed by atoms with Gasteiger partial charge in [0.2, 0.25) is 11.8 Å². The molecule has 1 aliphatic carbocycles. The molecular weight excluding hydrogens is 300 g/mol. The predicted molar refractivity (Wildman–Crippen MR) is 94.8 cm³/mol. The van der Waals surface area contributed by atoms with Gasteiger partial charge in [0.15, 0.2) is 0 Å². The van der Waals surface area contributed by atoms with Gasteiger partial charge in [0.1, 0.15) is 0 Å². The number of carbonyl (C=O) groups excluding carboxylic acids is 2. The molecule has 4 nitrogen and oxygen atoms in total. The zero-order chi connectivity index (χ0) is 17.4. The van der Waals surface area contributed by atoms with Crippen LogP contribution in [0.5, 0.6) is 0 Å². The number of hydrogen-bond donors (Lipinski definition) is 2. The van der Waals surface area contributed by atoms with E-state index in [0.29, 0.717) is 31.8 Å². The van der Waals surface area contributed by atoms with E-state index >= 15 is 0 Å². The highest BCUT2D eigenvalue weighted by Crippen LogP contribution is 2.42. The molecule has 2 aliphatic rings. The number of piperidine rings is 1. The van der Waals surface area contributed by atoms with Crippen LogP contribution in [0.4, 0.5) is 0 Å². The molecule has 0 aromatic heterocycles. The number of hydrogen-bond acceptors (Lipinski definition) is 2. The summed E-state index contributed by atoms with van der Waals surface area (Å²) in [6.07, 6.45) is 3.29. The highest BCUT2D eigenvalue weighted by Gasteiger charge is 2.38. The van der Waals surface area contributed by atoms with Crippen molar-refractivity contribution in [2.75, 3.05) is 13.1 Å². The molecule has 2 atom stereocenters. The van der Waals surface area contributed by atoms with Crippen molar-refractivity contribution in [1.29, 1.82) is 0 Å². The largest absolute Gasteiger partial charge is 0.355 e. The Labute approximate surface area is 144 Å². The molecule has 2 N–H and O–H groups in total. The van der Waals surface area contributed by atoms with Crippen molar-refractivity contribution in [1.82, 2.24) is 10.6 Å². The summed E-state index contributed by atoms with van der Waals surface area (Å²) in [4.78, 5) is 24.0. The fourth-order valence-corrected chi connectivity index (χ4v) is 3.99. The molecule has 1 aromatic carbocycles. The molecule has 1 saturated heterocycles. The number of fused-ring (bicyclic) bond motifs is 1. The summed E-state index contributed by atoms with van der Waals surface area (Å²) in [7, 11) is 0. The Balaban J connectivity index is 1.67. The van der Waals surface area contributed by atoms with Crippen LogP contribution in [0.25, 0.3) is 0 Å². The molecule has 24 heavy (non-hydrogen) atoms. The second-order valence-corrected chi connectivity index (χ2v) is 8.25. The standard InChI is InChI=1S/C20H28N2O2/c1-19(2)10-8-14(15-6-4-5-7-16(15)19)12-21-18(24)20(3)11-9-17(23)22-13-20/h4-7,14H,8-13H2,1-3H3,(H,21,24)(H,22,23). The molecule has 1 fully saturated rings. The van der Waals surface area contributed by atoms with Crippen molar-refractivity contribution in [2.24, 2.45) is 5.41 Å². The van der Waals surface area contributed by atoms with E-state index in [1.807, 2.05) is 6.92 Å². The van der Waals surface area contributed by atoms with Gasteiger partial charge in [-0.3, -0.25) is 9.59 Å². The molecule has 0 spiro atoms. The first-order chi connectivity index (χ1) is 11.3. The van der Waals surface area contributed by atoms with Crippen LogP contribution in [0.1, 0.15) is 63.5 Å². The summed E-state index contributed by atoms with van der Waals surface area (Å²) in [5.41, 5.74) is 2.50. The van der Waals surface area contributed by atoms with Crippen LogP contribution < -0.4 is 10.6 Å². The van der Waals surface area contributed by atoms with Crippen molar-refractivity contribution in [3.63, 3.8) is 0 Å². The van der Waals surface area contributed by atoms with Gasteiger partial charge in [-0.05, 0) is 42.7 Å². The summed E-state index contributed by atoms with van der Waals surface area (Å²) in [6, 6.07) is 8.62. The second kappa shape index (κ2) is 6.23. The Bertz CT molecular complexity index is 641. The molecule has 1 aliphatic heterocycles. The maximum Gasteiger partial charge on any atom is 0.227 e. The van der Waals surface area contributed by atoms with E-state index in [-0.39, 0.29) is 17.2 Å². The van der Waals surface area contributed by atoms with E-state index in [0.717, 1.165) is 12.8 Å². The molecule has 2 unspecified atom stereocenters. The smallest absolute Gasteiger partial charge is 0.227 e. The molecule has 1 aromatic rings. The maximum atomic E-state index is 12.6. The Morgan fingerprint density at radius 1 is 1.25 bits per heavy atom.